The van der Waals surface area contributed by atoms with Crippen molar-refractivity contribution in [3.8, 4) is 0 Å². The summed E-state index contributed by atoms with van der Waals surface area (Å²) in [5.41, 5.74) is 0. The lowest BCUT2D eigenvalue weighted by molar-refractivity contribution is 0.276. The summed E-state index contributed by atoms with van der Waals surface area (Å²) >= 11 is 4.29. The molecule has 68 valence electrons. The molecule has 4 heteroatoms. The Morgan fingerprint density at radius 1 is 1.36 bits per heavy atom. The van der Waals surface area contributed by atoms with Crippen LogP contribution in [0.3, 0.4) is 0 Å². The van der Waals surface area contributed by atoms with Crippen LogP contribution < -0.4 is 0 Å². The Labute approximate surface area is 76.5 Å². The van der Waals surface area contributed by atoms with Crippen LogP contribution in [-0.2, 0) is 8.85 Å². The molecule has 0 spiro atoms. The van der Waals surface area contributed by atoms with Gasteiger partial charge in [0.15, 0.2) is 0 Å². The highest BCUT2D eigenvalue weighted by Crippen LogP contribution is 2.08. The molecule has 0 N–H and O–H groups in total. The van der Waals surface area contributed by atoms with Crippen LogP contribution in [0.25, 0.3) is 0 Å². The van der Waals surface area contributed by atoms with Gasteiger partial charge in [-0.2, -0.15) is 12.6 Å². The van der Waals surface area contributed by atoms with Crippen LogP contribution in [0.15, 0.2) is 0 Å². The Kier molecular flexibility index (Phi) is 7.47. The maximum Gasteiger partial charge on any atom is 0.320 e. The van der Waals surface area contributed by atoms with Crippen molar-refractivity contribution < 1.29 is 8.85 Å². The van der Waals surface area contributed by atoms with E-state index < -0.39 is 9.28 Å². The first-order valence-electron chi connectivity index (χ1n) is 3.94. The van der Waals surface area contributed by atoms with Crippen LogP contribution in [0, 0.1) is 0 Å². The minimum atomic E-state index is -1.28. The highest BCUT2D eigenvalue weighted by Gasteiger charge is 2.08. The quantitative estimate of drug-likeness (QED) is 0.511. The van der Waals surface area contributed by atoms with E-state index in [0.29, 0.717) is 5.25 Å². The van der Waals surface area contributed by atoms with Crippen molar-refractivity contribution >= 4 is 21.9 Å². The molecule has 0 aliphatic rings. The van der Waals surface area contributed by atoms with Crippen LogP contribution in [-0.4, -0.2) is 28.8 Å². The molecule has 0 fully saturated rings. The van der Waals surface area contributed by atoms with Crippen LogP contribution >= 0.6 is 12.6 Å². The van der Waals surface area contributed by atoms with Gasteiger partial charge in [-0.1, -0.05) is 13.3 Å². The van der Waals surface area contributed by atoms with Gasteiger partial charge in [0.05, 0.1) is 0 Å². The second-order valence-electron chi connectivity index (χ2n) is 2.68. The average molecular weight is 194 g/mol. The topological polar surface area (TPSA) is 18.5 Å². The standard InChI is InChI=1S/C7H18O2SSi/c1-7(10)5-4-6-11(8-2)9-3/h7,10-11H,4-6H2,1-3H3. The first kappa shape index (κ1) is 11.5. The molecule has 0 aromatic carbocycles. The Balaban J connectivity index is 3.21. The Bertz CT molecular complexity index is 86.5. The van der Waals surface area contributed by atoms with Gasteiger partial charge in [0, 0.05) is 14.2 Å². The van der Waals surface area contributed by atoms with E-state index in [-0.39, 0.29) is 0 Å². The monoisotopic (exact) mass is 194 g/mol. The van der Waals surface area contributed by atoms with Gasteiger partial charge in [-0.05, 0) is 17.7 Å². The van der Waals surface area contributed by atoms with Gasteiger partial charge in [-0.25, -0.2) is 0 Å². The van der Waals surface area contributed by atoms with E-state index >= 15 is 0 Å². The lowest BCUT2D eigenvalue weighted by Crippen LogP contribution is -2.18. The second kappa shape index (κ2) is 7.15. The van der Waals surface area contributed by atoms with Gasteiger partial charge in [-0.15, -0.1) is 0 Å². The molecule has 1 atom stereocenters. The van der Waals surface area contributed by atoms with Gasteiger partial charge >= 0.3 is 9.28 Å². The first-order valence-corrected chi connectivity index (χ1v) is 6.22. The van der Waals surface area contributed by atoms with Crippen molar-refractivity contribution in [1.82, 2.24) is 0 Å². The Morgan fingerprint density at radius 2 is 1.91 bits per heavy atom. The van der Waals surface area contributed by atoms with Crippen molar-refractivity contribution in [3.05, 3.63) is 0 Å². The van der Waals surface area contributed by atoms with Crippen molar-refractivity contribution in [2.24, 2.45) is 0 Å². The van der Waals surface area contributed by atoms with Crippen LogP contribution in [0.2, 0.25) is 6.04 Å². The maximum absolute atomic E-state index is 5.17. The van der Waals surface area contributed by atoms with Gasteiger partial charge in [0.25, 0.3) is 0 Å². The number of hydrogen-bond donors (Lipinski definition) is 1. The maximum atomic E-state index is 5.17. The molecule has 0 bridgehead atoms. The SMILES string of the molecule is CO[SiH](CCCC(C)S)OC. The number of rotatable bonds is 6. The molecule has 2 nitrogen and oxygen atoms in total. The normalized spacial score (nSPS) is 13.9. The zero-order valence-electron chi connectivity index (χ0n) is 7.54. The van der Waals surface area contributed by atoms with Crippen molar-refractivity contribution in [1.29, 1.82) is 0 Å². The summed E-state index contributed by atoms with van der Waals surface area (Å²) in [5.74, 6) is 0. The minimum absolute atomic E-state index is 0.498. The van der Waals surface area contributed by atoms with E-state index in [1.165, 1.54) is 6.42 Å². The summed E-state index contributed by atoms with van der Waals surface area (Å²) in [6.07, 6.45) is 2.32. The van der Waals surface area contributed by atoms with Crippen molar-refractivity contribution in [2.45, 2.75) is 31.1 Å². The second-order valence-corrected chi connectivity index (χ2v) is 5.94. The van der Waals surface area contributed by atoms with Crippen LogP contribution in [0.4, 0.5) is 0 Å². The zero-order valence-corrected chi connectivity index (χ0v) is 9.59. The summed E-state index contributed by atoms with van der Waals surface area (Å²) in [7, 11) is 2.17. The first-order chi connectivity index (χ1) is 5.20. The third-order valence-electron chi connectivity index (χ3n) is 1.59. The molecule has 1 unspecified atom stereocenters. The molecule has 0 aromatic heterocycles. The molecule has 0 amide bonds. The van der Waals surface area contributed by atoms with E-state index in [9.17, 15) is 0 Å². The van der Waals surface area contributed by atoms with Crippen molar-refractivity contribution in [3.63, 3.8) is 0 Å². The van der Waals surface area contributed by atoms with Crippen LogP contribution in [0.5, 0.6) is 0 Å². The van der Waals surface area contributed by atoms with E-state index in [2.05, 4.69) is 19.6 Å². The number of thiol groups is 1. The number of hydrogen-bond acceptors (Lipinski definition) is 3. The third-order valence-corrected chi connectivity index (χ3v) is 3.78. The van der Waals surface area contributed by atoms with Gasteiger partial charge in [0.2, 0.25) is 0 Å². The summed E-state index contributed by atoms with van der Waals surface area (Å²) in [5, 5.41) is 0.498. The molecule has 0 saturated heterocycles. The van der Waals surface area contributed by atoms with Crippen LogP contribution in [0.1, 0.15) is 19.8 Å². The van der Waals surface area contributed by atoms with Gasteiger partial charge in [-0.3, -0.25) is 0 Å². The summed E-state index contributed by atoms with van der Waals surface area (Å²) < 4.78 is 10.3. The highest BCUT2D eigenvalue weighted by molar-refractivity contribution is 7.80. The molecular weight excluding hydrogens is 176 g/mol. The molecule has 11 heavy (non-hydrogen) atoms. The molecular formula is C7H18O2SSi. The Morgan fingerprint density at radius 3 is 2.27 bits per heavy atom. The van der Waals surface area contributed by atoms with Crippen molar-refractivity contribution in [2.75, 3.05) is 14.2 Å². The lowest BCUT2D eigenvalue weighted by Gasteiger charge is -2.10. The predicted octanol–water partition coefficient (Wildman–Crippen LogP) is 1.60. The fraction of sp³-hybridized carbons (Fsp3) is 1.00. The highest BCUT2D eigenvalue weighted by atomic mass is 32.1. The minimum Gasteiger partial charge on any atom is -0.400 e. The zero-order chi connectivity index (χ0) is 8.69. The lowest BCUT2D eigenvalue weighted by atomic mass is 10.3. The fourth-order valence-electron chi connectivity index (χ4n) is 0.912. The average Bonchev–Trinajstić information content (AvgIpc) is 1.98. The van der Waals surface area contributed by atoms with Gasteiger partial charge < -0.3 is 8.85 Å². The largest absolute Gasteiger partial charge is 0.400 e. The third kappa shape index (κ3) is 6.87. The summed E-state index contributed by atoms with van der Waals surface area (Å²) in [6, 6.07) is 1.10. The van der Waals surface area contributed by atoms with E-state index in [0.717, 1.165) is 12.5 Å². The summed E-state index contributed by atoms with van der Waals surface area (Å²) in [6.45, 7) is 2.11. The molecule has 0 radical (unpaired) electrons. The van der Waals surface area contributed by atoms with Gasteiger partial charge in [0.1, 0.15) is 0 Å². The summed E-state index contributed by atoms with van der Waals surface area (Å²) in [4.78, 5) is 0. The molecule has 0 heterocycles. The van der Waals surface area contributed by atoms with E-state index in [1.54, 1.807) is 14.2 Å². The Hall–Kier alpha value is 0.487. The molecule has 0 aliphatic carbocycles. The molecule has 0 aliphatic heterocycles. The van der Waals surface area contributed by atoms with E-state index in [4.69, 9.17) is 8.85 Å². The van der Waals surface area contributed by atoms with E-state index in [1.807, 2.05) is 0 Å². The smallest absolute Gasteiger partial charge is 0.320 e. The molecule has 0 aromatic rings. The molecule has 0 rings (SSSR count). The molecule has 0 saturated carbocycles. The predicted molar refractivity (Wildman–Crippen MR) is 53.7 cm³/mol. The fourth-order valence-corrected chi connectivity index (χ4v) is 2.33.